The Bertz CT molecular complexity index is 191. The molecule has 0 aliphatic heterocycles. The first-order valence-electron chi connectivity index (χ1n) is 7.54. The molecule has 0 aromatic heterocycles. The second-order valence-electron chi connectivity index (χ2n) is 6.09. The highest BCUT2D eigenvalue weighted by Crippen LogP contribution is 2.29. The van der Waals surface area contributed by atoms with Crippen LogP contribution in [0.2, 0.25) is 0 Å². The van der Waals surface area contributed by atoms with Crippen molar-refractivity contribution in [1.29, 1.82) is 0 Å². The minimum Gasteiger partial charge on any atom is -0.319 e. The molecule has 1 saturated carbocycles. The number of nitrogens with one attached hydrogen (secondary N) is 1. The quantitative estimate of drug-likeness (QED) is 0.700. The van der Waals surface area contributed by atoms with Gasteiger partial charge in [-0.1, -0.05) is 40.0 Å². The summed E-state index contributed by atoms with van der Waals surface area (Å²) < 4.78 is 0. The van der Waals surface area contributed by atoms with E-state index in [0.29, 0.717) is 5.41 Å². The van der Waals surface area contributed by atoms with Crippen molar-refractivity contribution in [1.82, 2.24) is 10.2 Å². The van der Waals surface area contributed by atoms with Crippen molar-refractivity contribution in [2.24, 2.45) is 5.41 Å². The zero-order valence-corrected chi connectivity index (χ0v) is 12.4. The molecule has 0 amide bonds. The Hall–Kier alpha value is -0.0800. The number of nitrogens with zero attached hydrogens (tertiary/aromatic N) is 1. The van der Waals surface area contributed by atoms with Crippen LogP contribution in [0.5, 0.6) is 0 Å². The van der Waals surface area contributed by atoms with E-state index < -0.39 is 0 Å². The van der Waals surface area contributed by atoms with Gasteiger partial charge in [0.25, 0.3) is 0 Å². The van der Waals surface area contributed by atoms with Crippen molar-refractivity contribution in [3.05, 3.63) is 0 Å². The van der Waals surface area contributed by atoms with Crippen molar-refractivity contribution in [2.75, 3.05) is 26.7 Å². The lowest BCUT2D eigenvalue weighted by molar-refractivity contribution is 0.117. The Morgan fingerprint density at radius 2 is 1.88 bits per heavy atom. The van der Waals surface area contributed by atoms with Crippen LogP contribution in [0.25, 0.3) is 0 Å². The van der Waals surface area contributed by atoms with E-state index in [4.69, 9.17) is 0 Å². The van der Waals surface area contributed by atoms with Crippen LogP contribution in [0, 0.1) is 5.41 Å². The fourth-order valence-corrected chi connectivity index (χ4v) is 3.51. The Labute approximate surface area is 108 Å². The number of hydrogen-bond acceptors (Lipinski definition) is 2. The molecule has 0 heterocycles. The van der Waals surface area contributed by atoms with Gasteiger partial charge in [-0.25, -0.2) is 0 Å². The van der Waals surface area contributed by atoms with Gasteiger partial charge in [0.15, 0.2) is 0 Å². The molecule has 17 heavy (non-hydrogen) atoms. The van der Waals surface area contributed by atoms with Gasteiger partial charge < -0.3 is 10.2 Å². The van der Waals surface area contributed by atoms with Crippen LogP contribution in [-0.2, 0) is 0 Å². The summed E-state index contributed by atoms with van der Waals surface area (Å²) in [7, 11) is 2.08. The predicted molar refractivity (Wildman–Crippen MR) is 76.4 cm³/mol. The highest BCUT2D eigenvalue weighted by molar-refractivity contribution is 4.84. The summed E-state index contributed by atoms with van der Waals surface area (Å²) in [5, 5.41) is 3.39. The summed E-state index contributed by atoms with van der Waals surface area (Å²) in [5.74, 6) is 0. The average Bonchev–Trinajstić information content (AvgIpc) is 2.80. The molecule has 102 valence electrons. The average molecular weight is 240 g/mol. The number of hydrogen-bond donors (Lipinski definition) is 1. The highest BCUT2D eigenvalue weighted by Gasteiger charge is 2.29. The van der Waals surface area contributed by atoms with Gasteiger partial charge in [-0.3, -0.25) is 0 Å². The summed E-state index contributed by atoms with van der Waals surface area (Å²) in [5.41, 5.74) is 0.447. The van der Waals surface area contributed by atoms with Gasteiger partial charge in [0.1, 0.15) is 0 Å². The van der Waals surface area contributed by atoms with Gasteiger partial charge in [0, 0.05) is 19.1 Å². The highest BCUT2D eigenvalue weighted by atomic mass is 15.2. The molecule has 2 nitrogen and oxygen atoms in total. The molecule has 1 N–H and O–H groups in total. The summed E-state index contributed by atoms with van der Waals surface area (Å²) in [6.45, 7) is 10.7. The van der Waals surface area contributed by atoms with Crippen molar-refractivity contribution < 1.29 is 0 Å². The van der Waals surface area contributed by atoms with Crippen LogP contribution in [0.4, 0.5) is 0 Å². The Morgan fingerprint density at radius 3 is 2.35 bits per heavy atom. The van der Waals surface area contributed by atoms with E-state index in [0.717, 1.165) is 12.6 Å². The molecular formula is C15H32N2. The molecule has 1 aliphatic carbocycles. The SMILES string of the molecule is CCCC(C)(CNC)CN(CC)C1CCCC1. The molecule has 0 radical (unpaired) electrons. The minimum atomic E-state index is 0.447. The Morgan fingerprint density at radius 1 is 1.24 bits per heavy atom. The van der Waals surface area contributed by atoms with E-state index in [2.05, 4.69) is 38.0 Å². The summed E-state index contributed by atoms with van der Waals surface area (Å²) in [4.78, 5) is 2.74. The lowest BCUT2D eigenvalue weighted by atomic mass is 9.84. The largest absolute Gasteiger partial charge is 0.319 e. The topological polar surface area (TPSA) is 15.3 Å². The van der Waals surface area contributed by atoms with Crippen molar-refractivity contribution in [3.8, 4) is 0 Å². The van der Waals surface area contributed by atoms with E-state index >= 15 is 0 Å². The smallest absolute Gasteiger partial charge is 0.00953 e. The van der Waals surface area contributed by atoms with Crippen molar-refractivity contribution in [3.63, 3.8) is 0 Å². The lowest BCUT2D eigenvalue weighted by Crippen LogP contribution is -2.45. The maximum absolute atomic E-state index is 3.39. The van der Waals surface area contributed by atoms with E-state index in [-0.39, 0.29) is 0 Å². The van der Waals surface area contributed by atoms with Gasteiger partial charge in [-0.05, 0) is 38.3 Å². The monoisotopic (exact) mass is 240 g/mol. The van der Waals surface area contributed by atoms with Crippen LogP contribution in [0.3, 0.4) is 0 Å². The minimum absolute atomic E-state index is 0.447. The normalized spacial score (nSPS) is 21.0. The second kappa shape index (κ2) is 7.38. The summed E-state index contributed by atoms with van der Waals surface area (Å²) in [6.07, 6.45) is 8.36. The van der Waals surface area contributed by atoms with Gasteiger partial charge in [-0.15, -0.1) is 0 Å². The maximum atomic E-state index is 3.39. The molecule has 1 aliphatic rings. The van der Waals surface area contributed by atoms with Gasteiger partial charge >= 0.3 is 0 Å². The zero-order chi connectivity index (χ0) is 12.7. The van der Waals surface area contributed by atoms with Crippen LogP contribution in [0.1, 0.15) is 59.3 Å². The van der Waals surface area contributed by atoms with Gasteiger partial charge in [0.05, 0.1) is 0 Å². The molecule has 1 atom stereocenters. The molecule has 0 saturated heterocycles. The third-order valence-electron chi connectivity index (χ3n) is 4.29. The molecule has 1 fully saturated rings. The zero-order valence-electron chi connectivity index (χ0n) is 12.4. The first kappa shape index (κ1) is 15.0. The summed E-state index contributed by atoms with van der Waals surface area (Å²) >= 11 is 0. The maximum Gasteiger partial charge on any atom is 0.00953 e. The van der Waals surface area contributed by atoms with Crippen molar-refractivity contribution >= 4 is 0 Å². The first-order chi connectivity index (χ1) is 8.15. The summed E-state index contributed by atoms with van der Waals surface area (Å²) in [6, 6.07) is 0.869. The van der Waals surface area contributed by atoms with Gasteiger partial charge in [-0.2, -0.15) is 0 Å². The van der Waals surface area contributed by atoms with E-state index in [9.17, 15) is 0 Å². The second-order valence-corrected chi connectivity index (χ2v) is 6.09. The molecule has 0 aromatic rings. The third kappa shape index (κ3) is 4.59. The fraction of sp³-hybridized carbons (Fsp3) is 1.00. The molecule has 2 heteroatoms. The van der Waals surface area contributed by atoms with Crippen LogP contribution in [-0.4, -0.2) is 37.6 Å². The lowest BCUT2D eigenvalue weighted by Gasteiger charge is -2.38. The molecular weight excluding hydrogens is 208 g/mol. The van der Waals surface area contributed by atoms with E-state index in [1.807, 2.05) is 0 Å². The van der Waals surface area contributed by atoms with E-state index in [1.54, 1.807) is 0 Å². The molecule has 1 unspecified atom stereocenters. The number of rotatable bonds is 8. The molecule has 0 spiro atoms. The third-order valence-corrected chi connectivity index (χ3v) is 4.29. The molecule has 1 rings (SSSR count). The standard InChI is InChI=1S/C15H32N2/c1-5-11-15(3,12-16-4)13-17(6-2)14-9-7-8-10-14/h14,16H,5-13H2,1-4H3. The Kier molecular flexibility index (Phi) is 6.50. The Balaban J connectivity index is 2.55. The fourth-order valence-electron chi connectivity index (χ4n) is 3.51. The first-order valence-corrected chi connectivity index (χ1v) is 7.54. The van der Waals surface area contributed by atoms with Crippen molar-refractivity contribution in [2.45, 2.75) is 65.3 Å². The van der Waals surface area contributed by atoms with Crippen LogP contribution < -0.4 is 5.32 Å². The van der Waals surface area contributed by atoms with Crippen LogP contribution in [0.15, 0.2) is 0 Å². The molecule has 0 bridgehead atoms. The predicted octanol–water partition coefficient (Wildman–Crippen LogP) is 3.28. The van der Waals surface area contributed by atoms with E-state index in [1.165, 1.54) is 51.6 Å². The van der Waals surface area contributed by atoms with Gasteiger partial charge in [0.2, 0.25) is 0 Å². The molecule has 0 aromatic carbocycles. The van der Waals surface area contributed by atoms with Crippen LogP contribution >= 0.6 is 0 Å².